The molecular weight excluding hydrogens is 588 g/mol. The number of carbonyl (C=O) groups is 2. The Bertz CT molecular complexity index is 1450. The Hall–Kier alpha value is -3.51. The minimum atomic E-state index is -1.15. The molecule has 0 aliphatic heterocycles. The largest absolute Gasteiger partial charge is 0.453 e. The molecule has 3 aromatic carbocycles. The molecule has 0 saturated carbocycles. The number of nitrogens with zero attached hydrogens (tertiary/aromatic N) is 3. The number of anilines is 1. The van der Waals surface area contributed by atoms with Crippen LogP contribution in [-0.4, -0.2) is 71.7 Å². The number of carbonyl (C=O) groups excluding carboxylic acids is 2. The smallest absolute Gasteiger partial charge is 0.293 e. The summed E-state index contributed by atoms with van der Waals surface area (Å²) in [7, 11) is 1.72. The van der Waals surface area contributed by atoms with E-state index < -0.39 is 24.2 Å². The highest BCUT2D eigenvalue weighted by molar-refractivity contribution is 7.97. The van der Waals surface area contributed by atoms with Crippen molar-refractivity contribution in [3.05, 3.63) is 89.7 Å². The quantitative estimate of drug-likeness (QED) is 0.130. The Morgan fingerprint density at radius 2 is 1.84 bits per heavy atom. The number of hydrogen-bond donors (Lipinski definition) is 2. The standard InChI is InChI=1S/C32H37FN4O4S2/c1-22(2)17-37(43-26-13-14-27-31(16-26)42-20-34-27)18-29(39)28(15-23-7-5-4-6-8-23)35-32(40)30(41-21-38)19-36(3)25-11-9-24(33)10-12-25/h4-14,16,20-22,28-30,39H,15,17-19H2,1-3H3,(H,35,40). The average Bonchev–Trinajstić information content (AvgIpc) is 3.45. The Morgan fingerprint density at radius 1 is 1.09 bits per heavy atom. The monoisotopic (exact) mass is 624 g/mol. The van der Waals surface area contributed by atoms with Gasteiger partial charge in [-0.25, -0.2) is 13.7 Å². The van der Waals surface area contributed by atoms with Crippen LogP contribution in [0.5, 0.6) is 0 Å². The molecule has 3 atom stereocenters. The molecule has 1 aromatic heterocycles. The summed E-state index contributed by atoms with van der Waals surface area (Å²) in [6.45, 7) is 5.53. The minimum absolute atomic E-state index is 0.0414. The van der Waals surface area contributed by atoms with Crippen LogP contribution in [-0.2, 0) is 20.7 Å². The number of hydrogen-bond acceptors (Lipinski definition) is 9. The van der Waals surface area contributed by atoms with Crippen molar-refractivity contribution in [2.75, 3.05) is 31.6 Å². The van der Waals surface area contributed by atoms with Gasteiger partial charge in [0.25, 0.3) is 12.4 Å². The van der Waals surface area contributed by atoms with E-state index in [2.05, 4.69) is 34.5 Å². The van der Waals surface area contributed by atoms with Crippen LogP contribution in [0.2, 0.25) is 0 Å². The topological polar surface area (TPSA) is 95.0 Å². The van der Waals surface area contributed by atoms with Crippen LogP contribution < -0.4 is 10.2 Å². The second kappa shape index (κ2) is 15.8. The van der Waals surface area contributed by atoms with Crippen LogP contribution >= 0.6 is 23.3 Å². The van der Waals surface area contributed by atoms with Crippen molar-refractivity contribution >= 4 is 51.6 Å². The van der Waals surface area contributed by atoms with Crippen molar-refractivity contribution in [2.24, 2.45) is 5.92 Å². The number of ether oxygens (including phenoxy) is 1. The lowest BCUT2D eigenvalue weighted by Gasteiger charge is -2.31. The van der Waals surface area contributed by atoms with Crippen molar-refractivity contribution in [1.29, 1.82) is 0 Å². The predicted molar refractivity (Wildman–Crippen MR) is 171 cm³/mol. The molecule has 4 rings (SSSR count). The molecule has 1 amide bonds. The first-order valence-corrected chi connectivity index (χ1v) is 15.7. The number of amides is 1. The van der Waals surface area contributed by atoms with Crippen LogP contribution in [0.15, 0.2) is 83.2 Å². The highest BCUT2D eigenvalue weighted by Gasteiger charge is 2.29. The van der Waals surface area contributed by atoms with E-state index in [1.807, 2.05) is 48.0 Å². The van der Waals surface area contributed by atoms with E-state index in [1.165, 1.54) is 12.1 Å². The van der Waals surface area contributed by atoms with Gasteiger partial charge < -0.3 is 20.1 Å². The summed E-state index contributed by atoms with van der Waals surface area (Å²) in [5.74, 6) is -0.566. The number of thiazole rings is 1. The summed E-state index contributed by atoms with van der Waals surface area (Å²) in [5, 5.41) is 14.5. The molecule has 1 heterocycles. The third kappa shape index (κ3) is 9.75. The molecule has 0 aliphatic rings. The summed E-state index contributed by atoms with van der Waals surface area (Å²) in [4.78, 5) is 31.9. The van der Waals surface area contributed by atoms with Gasteiger partial charge in [-0.15, -0.1) is 11.3 Å². The maximum absolute atomic E-state index is 13.5. The second-order valence-electron chi connectivity index (χ2n) is 10.8. The third-order valence-corrected chi connectivity index (χ3v) is 8.62. The number of aliphatic hydroxyl groups is 1. The fraction of sp³-hybridized carbons (Fsp3) is 0.344. The zero-order valence-corrected chi connectivity index (χ0v) is 26.1. The molecule has 0 bridgehead atoms. The van der Waals surface area contributed by atoms with Gasteiger partial charge in [-0.2, -0.15) is 0 Å². The molecule has 2 N–H and O–H groups in total. The van der Waals surface area contributed by atoms with E-state index in [0.29, 0.717) is 24.6 Å². The van der Waals surface area contributed by atoms with Crippen LogP contribution in [0.1, 0.15) is 19.4 Å². The SMILES string of the molecule is CC(C)CN(CC(O)C(Cc1ccccc1)NC(=O)C(CN(C)c1ccc(F)cc1)OC=O)Sc1ccc2ncsc2c1. The first kappa shape index (κ1) is 32.4. The molecule has 0 aliphatic carbocycles. The summed E-state index contributed by atoms with van der Waals surface area (Å²) in [6.07, 6.45) is -1.71. The van der Waals surface area contributed by atoms with E-state index in [0.717, 1.165) is 20.7 Å². The lowest BCUT2D eigenvalue weighted by molar-refractivity contribution is -0.145. The van der Waals surface area contributed by atoms with E-state index in [4.69, 9.17) is 4.74 Å². The first-order valence-electron chi connectivity index (χ1n) is 14.1. The first-order chi connectivity index (χ1) is 20.7. The fourth-order valence-corrected chi connectivity index (χ4v) is 6.65. The number of halogens is 1. The Kier molecular flexibility index (Phi) is 11.9. The number of nitrogens with one attached hydrogen (secondary N) is 1. The zero-order chi connectivity index (χ0) is 30.8. The van der Waals surface area contributed by atoms with Gasteiger partial charge in [0.1, 0.15) is 5.82 Å². The maximum atomic E-state index is 13.5. The van der Waals surface area contributed by atoms with Gasteiger partial charge in [0, 0.05) is 30.7 Å². The zero-order valence-electron chi connectivity index (χ0n) is 24.4. The van der Waals surface area contributed by atoms with Crippen molar-refractivity contribution < 1.29 is 23.8 Å². The van der Waals surface area contributed by atoms with Crippen LogP contribution in [0.25, 0.3) is 10.2 Å². The van der Waals surface area contributed by atoms with Crippen LogP contribution in [0.3, 0.4) is 0 Å². The van der Waals surface area contributed by atoms with Gasteiger partial charge in [-0.1, -0.05) is 44.2 Å². The van der Waals surface area contributed by atoms with Crippen LogP contribution in [0, 0.1) is 11.7 Å². The molecule has 0 saturated heterocycles. The molecule has 0 spiro atoms. The second-order valence-corrected chi connectivity index (χ2v) is 12.8. The molecule has 0 radical (unpaired) electrons. The molecule has 228 valence electrons. The average molecular weight is 625 g/mol. The molecule has 43 heavy (non-hydrogen) atoms. The minimum Gasteiger partial charge on any atom is -0.453 e. The number of rotatable bonds is 16. The third-order valence-electron chi connectivity index (χ3n) is 6.81. The fourth-order valence-electron chi connectivity index (χ4n) is 4.66. The molecular formula is C32H37FN4O4S2. The lowest BCUT2D eigenvalue weighted by atomic mass is 10.0. The van der Waals surface area contributed by atoms with Crippen molar-refractivity contribution in [2.45, 2.75) is 43.4 Å². The molecule has 8 nitrogen and oxygen atoms in total. The van der Waals surface area contributed by atoms with Crippen molar-refractivity contribution in [3.8, 4) is 0 Å². The van der Waals surface area contributed by atoms with E-state index in [1.54, 1.807) is 47.4 Å². The van der Waals surface area contributed by atoms with Crippen LogP contribution in [0.4, 0.5) is 10.1 Å². The Labute approximate surface area is 260 Å². The van der Waals surface area contributed by atoms with E-state index in [9.17, 15) is 19.1 Å². The number of aromatic nitrogens is 1. The van der Waals surface area contributed by atoms with Gasteiger partial charge in [0.05, 0.1) is 34.4 Å². The van der Waals surface area contributed by atoms with Gasteiger partial charge in [-0.3, -0.25) is 9.59 Å². The number of fused-ring (bicyclic) bond motifs is 1. The Balaban J connectivity index is 1.50. The molecule has 0 fully saturated rings. The normalized spacial score (nSPS) is 13.6. The summed E-state index contributed by atoms with van der Waals surface area (Å²) >= 11 is 3.15. The van der Waals surface area contributed by atoms with Crippen molar-refractivity contribution in [3.63, 3.8) is 0 Å². The highest BCUT2D eigenvalue weighted by Crippen LogP contribution is 2.29. The Morgan fingerprint density at radius 3 is 2.53 bits per heavy atom. The van der Waals surface area contributed by atoms with E-state index in [-0.39, 0.29) is 25.4 Å². The van der Waals surface area contributed by atoms with Gasteiger partial charge >= 0.3 is 0 Å². The molecule has 3 unspecified atom stereocenters. The highest BCUT2D eigenvalue weighted by atomic mass is 32.2. The number of aliphatic hydroxyl groups excluding tert-OH is 1. The van der Waals surface area contributed by atoms with Gasteiger partial charge in [0.15, 0.2) is 6.10 Å². The summed E-state index contributed by atoms with van der Waals surface area (Å²) in [5.41, 5.74) is 4.38. The van der Waals surface area contributed by atoms with Crippen molar-refractivity contribution in [1.82, 2.24) is 14.6 Å². The number of likely N-dealkylation sites (N-methyl/N-ethyl adjacent to an activating group) is 1. The summed E-state index contributed by atoms with van der Waals surface area (Å²) in [6, 6.07) is 20.9. The van der Waals surface area contributed by atoms with Gasteiger partial charge in [-0.05, 0) is 72.3 Å². The van der Waals surface area contributed by atoms with Gasteiger partial charge in [0.2, 0.25) is 0 Å². The van der Waals surface area contributed by atoms with E-state index >= 15 is 0 Å². The number of benzene rings is 3. The lowest BCUT2D eigenvalue weighted by Crippen LogP contribution is -2.53. The maximum Gasteiger partial charge on any atom is 0.293 e. The summed E-state index contributed by atoms with van der Waals surface area (Å²) < 4.78 is 21.8. The molecule has 4 aromatic rings. The molecule has 11 heteroatoms. The predicted octanol–water partition coefficient (Wildman–Crippen LogP) is 5.17.